The molecule has 2 N–H and O–H groups in total. The molecule has 0 aliphatic heterocycles. The van der Waals surface area contributed by atoms with E-state index in [4.69, 9.17) is 15.2 Å². The molecular formula is C12H19NO2. The van der Waals surface area contributed by atoms with Crippen molar-refractivity contribution in [3.63, 3.8) is 0 Å². The van der Waals surface area contributed by atoms with Gasteiger partial charge in [-0.1, -0.05) is 13.0 Å². The first-order chi connectivity index (χ1) is 7.17. The Morgan fingerprint density at radius 1 is 1.40 bits per heavy atom. The van der Waals surface area contributed by atoms with E-state index >= 15 is 0 Å². The molecule has 1 rings (SSSR count). The normalized spacial score (nSPS) is 12.5. The minimum Gasteiger partial charge on any atom is -0.496 e. The van der Waals surface area contributed by atoms with Crippen LogP contribution < -0.4 is 10.5 Å². The molecule has 0 amide bonds. The fraction of sp³-hybridized carbons (Fsp3) is 0.500. The number of hydrogen-bond acceptors (Lipinski definition) is 3. The summed E-state index contributed by atoms with van der Waals surface area (Å²) in [5, 5.41) is 0. The monoisotopic (exact) mass is 209 g/mol. The molecule has 1 atom stereocenters. The molecule has 0 radical (unpaired) electrons. The molecule has 0 fully saturated rings. The Morgan fingerprint density at radius 3 is 2.73 bits per heavy atom. The number of benzene rings is 1. The maximum absolute atomic E-state index is 5.66. The Labute approximate surface area is 91.2 Å². The smallest absolute Gasteiger partial charge is 0.126 e. The lowest BCUT2D eigenvalue weighted by molar-refractivity contribution is 0.0497. The first-order valence-corrected chi connectivity index (χ1v) is 5.21. The van der Waals surface area contributed by atoms with Gasteiger partial charge in [-0.15, -0.1) is 0 Å². The SMILES string of the molecule is CC[C@@H](C)OCc1ccc(N)cc1OC. The van der Waals surface area contributed by atoms with Crippen LogP contribution in [0.1, 0.15) is 25.8 Å². The molecule has 0 bridgehead atoms. The van der Waals surface area contributed by atoms with Crippen LogP contribution >= 0.6 is 0 Å². The van der Waals surface area contributed by atoms with Crippen molar-refractivity contribution in [2.45, 2.75) is 33.0 Å². The molecular weight excluding hydrogens is 190 g/mol. The van der Waals surface area contributed by atoms with E-state index in [1.807, 2.05) is 18.2 Å². The topological polar surface area (TPSA) is 44.5 Å². The van der Waals surface area contributed by atoms with Crippen LogP contribution in [0, 0.1) is 0 Å². The fourth-order valence-corrected chi connectivity index (χ4v) is 1.23. The lowest BCUT2D eigenvalue weighted by Crippen LogP contribution is -2.07. The maximum Gasteiger partial charge on any atom is 0.126 e. The van der Waals surface area contributed by atoms with E-state index in [-0.39, 0.29) is 6.10 Å². The number of rotatable bonds is 5. The Morgan fingerprint density at radius 2 is 2.13 bits per heavy atom. The Hall–Kier alpha value is -1.22. The molecule has 84 valence electrons. The van der Waals surface area contributed by atoms with Crippen molar-refractivity contribution in [2.75, 3.05) is 12.8 Å². The van der Waals surface area contributed by atoms with Gasteiger partial charge in [-0.2, -0.15) is 0 Å². The van der Waals surface area contributed by atoms with Crippen molar-refractivity contribution < 1.29 is 9.47 Å². The molecule has 0 aromatic heterocycles. The largest absolute Gasteiger partial charge is 0.496 e. The van der Waals surface area contributed by atoms with E-state index in [1.54, 1.807) is 7.11 Å². The number of nitrogen functional groups attached to an aromatic ring is 1. The van der Waals surface area contributed by atoms with Gasteiger partial charge in [0.05, 0.1) is 19.8 Å². The average Bonchev–Trinajstić information content (AvgIpc) is 2.26. The van der Waals surface area contributed by atoms with Gasteiger partial charge in [0.25, 0.3) is 0 Å². The zero-order valence-corrected chi connectivity index (χ0v) is 9.62. The van der Waals surface area contributed by atoms with Crippen LogP contribution in [0.3, 0.4) is 0 Å². The van der Waals surface area contributed by atoms with Gasteiger partial charge in [-0.05, 0) is 19.4 Å². The number of hydrogen-bond donors (Lipinski definition) is 1. The molecule has 0 saturated heterocycles. The van der Waals surface area contributed by atoms with Gasteiger partial charge in [0, 0.05) is 17.3 Å². The summed E-state index contributed by atoms with van der Waals surface area (Å²) >= 11 is 0. The second-order valence-corrected chi connectivity index (χ2v) is 3.60. The van der Waals surface area contributed by atoms with Crippen LogP contribution in [-0.2, 0) is 11.3 Å². The van der Waals surface area contributed by atoms with E-state index in [0.29, 0.717) is 12.3 Å². The predicted molar refractivity (Wildman–Crippen MR) is 61.9 cm³/mol. The molecule has 1 aromatic rings. The van der Waals surface area contributed by atoms with Crippen LogP contribution in [0.5, 0.6) is 5.75 Å². The van der Waals surface area contributed by atoms with Crippen LogP contribution in [0.2, 0.25) is 0 Å². The van der Waals surface area contributed by atoms with Crippen LogP contribution in [0.4, 0.5) is 5.69 Å². The van der Waals surface area contributed by atoms with Crippen molar-refractivity contribution >= 4 is 5.69 Å². The average molecular weight is 209 g/mol. The second kappa shape index (κ2) is 5.61. The molecule has 3 heteroatoms. The van der Waals surface area contributed by atoms with E-state index in [0.717, 1.165) is 17.7 Å². The molecule has 0 aliphatic carbocycles. The van der Waals surface area contributed by atoms with Crippen LogP contribution in [-0.4, -0.2) is 13.2 Å². The summed E-state index contributed by atoms with van der Waals surface area (Å²) in [6.07, 6.45) is 1.28. The van der Waals surface area contributed by atoms with Crippen LogP contribution in [0.15, 0.2) is 18.2 Å². The highest BCUT2D eigenvalue weighted by Crippen LogP contribution is 2.22. The lowest BCUT2D eigenvalue weighted by Gasteiger charge is -2.13. The highest BCUT2D eigenvalue weighted by molar-refractivity contribution is 5.48. The van der Waals surface area contributed by atoms with Crippen molar-refractivity contribution in [2.24, 2.45) is 0 Å². The summed E-state index contributed by atoms with van der Waals surface area (Å²) in [6.45, 7) is 4.73. The summed E-state index contributed by atoms with van der Waals surface area (Å²) in [7, 11) is 1.64. The molecule has 0 heterocycles. The maximum atomic E-state index is 5.66. The Bertz CT molecular complexity index is 312. The van der Waals surface area contributed by atoms with Crippen molar-refractivity contribution in [3.05, 3.63) is 23.8 Å². The highest BCUT2D eigenvalue weighted by Gasteiger charge is 2.05. The standard InChI is InChI=1S/C12H19NO2/c1-4-9(2)15-8-10-5-6-11(13)7-12(10)14-3/h5-7,9H,4,8,13H2,1-3H3/t9-/m1/s1. The first-order valence-electron chi connectivity index (χ1n) is 5.21. The third kappa shape index (κ3) is 3.44. The molecule has 0 saturated carbocycles. The molecule has 3 nitrogen and oxygen atoms in total. The Kier molecular flexibility index (Phi) is 4.43. The van der Waals surface area contributed by atoms with Gasteiger partial charge in [0.2, 0.25) is 0 Å². The summed E-state index contributed by atoms with van der Waals surface area (Å²) in [5.41, 5.74) is 7.41. The number of methoxy groups -OCH3 is 1. The van der Waals surface area contributed by atoms with Gasteiger partial charge in [-0.3, -0.25) is 0 Å². The van der Waals surface area contributed by atoms with E-state index in [9.17, 15) is 0 Å². The molecule has 0 spiro atoms. The van der Waals surface area contributed by atoms with Crippen LogP contribution in [0.25, 0.3) is 0 Å². The minimum atomic E-state index is 0.271. The molecule has 0 unspecified atom stereocenters. The third-order valence-electron chi connectivity index (χ3n) is 2.41. The fourth-order valence-electron chi connectivity index (χ4n) is 1.23. The molecule has 15 heavy (non-hydrogen) atoms. The zero-order chi connectivity index (χ0) is 11.3. The predicted octanol–water partition coefficient (Wildman–Crippen LogP) is 2.59. The highest BCUT2D eigenvalue weighted by atomic mass is 16.5. The number of nitrogens with two attached hydrogens (primary N) is 1. The third-order valence-corrected chi connectivity index (χ3v) is 2.41. The van der Waals surface area contributed by atoms with Gasteiger partial charge in [0.1, 0.15) is 5.75 Å². The lowest BCUT2D eigenvalue weighted by atomic mass is 10.2. The summed E-state index contributed by atoms with van der Waals surface area (Å²) in [4.78, 5) is 0. The van der Waals surface area contributed by atoms with Gasteiger partial charge >= 0.3 is 0 Å². The van der Waals surface area contributed by atoms with Crippen molar-refractivity contribution in [1.29, 1.82) is 0 Å². The van der Waals surface area contributed by atoms with Crippen molar-refractivity contribution in [3.8, 4) is 5.75 Å². The van der Waals surface area contributed by atoms with Gasteiger partial charge < -0.3 is 15.2 Å². The second-order valence-electron chi connectivity index (χ2n) is 3.60. The first kappa shape index (κ1) is 11.9. The Balaban J connectivity index is 2.67. The van der Waals surface area contributed by atoms with Gasteiger partial charge in [0.15, 0.2) is 0 Å². The van der Waals surface area contributed by atoms with E-state index < -0.39 is 0 Å². The van der Waals surface area contributed by atoms with E-state index in [2.05, 4.69) is 13.8 Å². The molecule has 1 aromatic carbocycles. The van der Waals surface area contributed by atoms with E-state index in [1.165, 1.54) is 0 Å². The number of anilines is 1. The quantitative estimate of drug-likeness (QED) is 0.758. The molecule has 0 aliphatic rings. The minimum absolute atomic E-state index is 0.271. The summed E-state index contributed by atoms with van der Waals surface area (Å²) in [6, 6.07) is 5.61. The summed E-state index contributed by atoms with van der Waals surface area (Å²) < 4.78 is 10.9. The van der Waals surface area contributed by atoms with Crippen molar-refractivity contribution in [1.82, 2.24) is 0 Å². The zero-order valence-electron chi connectivity index (χ0n) is 9.62. The number of ether oxygens (including phenoxy) is 2. The summed E-state index contributed by atoms with van der Waals surface area (Å²) in [5.74, 6) is 0.790. The van der Waals surface area contributed by atoms with Gasteiger partial charge in [-0.25, -0.2) is 0 Å².